The molecule has 1 N–H and O–H groups in total. The lowest BCUT2D eigenvalue weighted by atomic mass is 10.1. The third-order valence-corrected chi connectivity index (χ3v) is 4.40. The molecule has 0 amide bonds. The van der Waals surface area contributed by atoms with Crippen LogP contribution in [-0.2, 0) is 6.54 Å². The summed E-state index contributed by atoms with van der Waals surface area (Å²) in [5, 5.41) is 5.14. The Morgan fingerprint density at radius 1 is 1.40 bits per heavy atom. The third kappa shape index (κ3) is 2.80. The topological polar surface area (TPSA) is 28.2 Å². The van der Waals surface area contributed by atoms with Crippen LogP contribution in [0.25, 0.3) is 10.9 Å². The fourth-order valence-electron chi connectivity index (χ4n) is 2.86. The third-order valence-electron chi connectivity index (χ3n) is 4.07. The summed E-state index contributed by atoms with van der Waals surface area (Å²) in [7, 11) is 2.03. The molecule has 4 heteroatoms. The Morgan fingerprint density at radius 3 is 3.00 bits per heavy atom. The van der Waals surface area contributed by atoms with E-state index in [1.807, 2.05) is 7.05 Å². The van der Waals surface area contributed by atoms with E-state index in [0.29, 0.717) is 11.2 Å². The van der Waals surface area contributed by atoms with Crippen LogP contribution in [-0.4, -0.2) is 36.1 Å². The number of pyridine rings is 1. The summed E-state index contributed by atoms with van der Waals surface area (Å²) in [5.74, 6) is 0. The van der Waals surface area contributed by atoms with E-state index in [-0.39, 0.29) is 0 Å². The van der Waals surface area contributed by atoms with E-state index in [0.717, 1.165) is 30.7 Å². The number of nitrogens with one attached hydrogen (secondary N) is 1. The number of nitrogens with zero attached hydrogens (tertiary/aromatic N) is 2. The highest BCUT2D eigenvalue weighted by atomic mass is 35.5. The van der Waals surface area contributed by atoms with Gasteiger partial charge in [0.2, 0.25) is 0 Å². The fourth-order valence-corrected chi connectivity index (χ4v) is 3.07. The zero-order valence-corrected chi connectivity index (χ0v) is 12.7. The molecule has 0 spiro atoms. The Kier molecular flexibility index (Phi) is 3.92. The van der Waals surface area contributed by atoms with E-state index in [1.165, 1.54) is 17.4 Å². The number of hydrogen-bond donors (Lipinski definition) is 1. The zero-order chi connectivity index (χ0) is 14.1. The first kappa shape index (κ1) is 13.8. The minimum Gasteiger partial charge on any atom is -0.316 e. The number of hydrogen-bond acceptors (Lipinski definition) is 3. The van der Waals surface area contributed by atoms with Crippen LogP contribution < -0.4 is 5.32 Å². The number of fused-ring (bicyclic) bond motifs is 1. The van der Waals surface area contributed by atoms with Gasteiger partial charge in [0.25, 0.3) is 0 Å². The van der Waals surface area contributed by atoms with Crippen LogP contribution in [0.4, 0.5) is 0 Å². The van der Waals surface area contributed by atoms with Crippen molar-refractivity contribution in [2.75, 3.05) is 20.1 Å². The number of likely N-dealkylation sites (tertiary alicyclic amines) is 1. The molecule has 1 atom stereocenters. The van der Waals surface area contributed by atoms with Crippen molar-refractivity contribution < 1.29 is 0 Å². The average Bonchev–Trinajstić information content (AvgIpc) is 2.87. The van der Waals surface area contributed by atoms with Gasteiger partial charge in [0.05, 0.1) is 5.52 Å². The molecule has 3 rings (SSSR count). The van der Waals surface area contributed by atoms with Gasteiger partial charge < -0.3 is 5.32 Å². The summed E-state index contributed by atoms with van der Waals surface area (Å²) in [6.45, 7) is 5.16. The van der Waals surface area contributed by atoms with Crippen molar-refractivity contribution in [1.82, 2.24) is 15.2 Å². The van der Waals surface area contributed by atoms with E-state index >= 15 is 0 Å². The van der Waals surface area contributed by atoms with Crippen molar-refractivity contribution >= 4 is 22.5 Å². The van der Waals surface area contributed by atoms with Gasteiger partial charge in [-0.3, -0.25) is 4.90 Å². The first-order valence-corrected chi connectivity index (χ1v) is 7.49. The molecule has 1 aromatic carbocycles. The molecule has 2 aromatic rings. The van der Waals surface area contributed by atoms with E-state index in [4.69, 9.17) is 11.6 Å². The average molecular weight is 290 g/mol. The lowest BCUT2D eigenvalue weighted by molar-refractivity contribution is 0.322. The molecule has 0 saturated carbocycles. The highest BCUT2D eigenvalue weighted by molar-refractivity contribution is 6.30. The van der Waals surface area contributed by atoms with Gasteiger partial charge in [-0.15, -0.1) is 0 Å². The van der Waals surface area contributed by atoms with E-state index < -0.39 is 0 Å². The number of benzene rings is 1. The maximum atomic E-state index is 6.35. The minimum absolute atomic E-state index is 0.602. The first-order valence-electron chi connectivity index (χ1n) is 7.11. The maximum absolute atomic E-state index is 6.35. The summed E-state index contributed by atoms with van der Waals surface area (Å²) >= 11 is 6.35. The second-order valence-corrected chi connectivity index (χ2v) is 6.00. The number of aromatic nitrogens is 1. The Labute approximate surface area is 124 Å². The summed E-state index contributed by atoms with van der Waals surface area (Å²) in [4.78, 5) is 6.98. The van der Waals surface area contributed by atoms with Crippen molar-refractivity contribution in [3.63, 3.8) is 0 Å². The fraction of sp³-hybridized carbons (Fsp3) is 0.438. The molecule has 1 fully saturated rings. The highest BCUT2D eigenvalue weighted by Crippen LogP contribution is 2.24. The molecule has 0 radical (unpaired) electrons. The highest BCUT2D eigenvalue weighted by Gasteiger charge is 2.21. The van der Waals surface area contributed by atoms with Crippen LogP contribution in [0.5, 0.6) is 0 Å². The number of likely N-dealkylation sites (N-methyl/N-ethyl adjacent to an activating group) is 1. The van der Waals surface area contributed by atoms with Crippen LogP contribution in [0, 0.1) is 6.92 Å². The summed E-state index contributed by atoms with van der Waals surface area (Å²) in [6.07, 6.45) is 1.20. The molecule has 0 bridgehead atoms. The van der Waals surface area contributed by atoms with Gasteiger partial charge in [0.15, 0.2) is 0 Å². The lowest BCUT2D eigenvalue weighted by Gasteiger charge is -2.17. The lowest BCUT2D eigenvalue weighted by Crippen LogP contribution is -2.29. The Morgan fingerprint density at radius 2 is 2.25 bits per heavy atom. The molecular weight excluding hydrogens is 270 g/mol. The smallest absolute Gasteiger partial charge is 0.134 e. The molecule has 1 aliphatic rings. The molecule has 3 nitrogen and oxygen atoms in total. The second-order valence-electron chi connectivity index (χ2n) is 5.64. The van der Waals surface area contributed by atoms with Crippen molar-refractivity contribution in [3.8, 4) is 0 Å². The van der Waals surface area contributed by atoms with E-state index in [2.05, 4.69) is 46.4 Å². The van der Waals surface area contributed by atoms with Crippen LogP contribution in [0.15, 0.2) is 24.3 Å². The predicted octanol–water partition coefficient (Wildman–Crippen LogP) is 2.99. The number of rotatable bonds is 3. The number of halogens is 1. The van der Waals surface area contributed by atoms with E-state index in [9.17, 15) is 0 Å². The molecule has 1 saturated heterocycles. The molecule has 106 valence electrons. The van der Waals surface area contributed by atoms with Gasteiger partial charge in [0, 0.05) is 36.6 Å². The molecule has 1 unspecified atom stereocenters. The van der Waals surface area contributed by atoms with Crippen LogP contribution >= 0.6 is 11.6 Å². The van der Waals surface area contributed by atoms with Gasteiger partial charge in [-0.25, -0.2) is 4.98 Å². The normalized spacial score (nSPS) is 19.9. The first-order chi connectivity index (χ1) is 9.65. The van der Waals surface area contributed by atoms with Crippen molar-refractivity contribution in [3.05, 3.63) is 40.5 Å². The summed E-state index contributed by atoms with van der Waals surface area (Å²) in [6, 6.07) is 9.10. The van der Waals surface area contributed by atoms with Crippen LogP contribution in [0.1, 0.15) is 17.5 Å². The van der Waals surface area contributed by atoms with Gasteiger partial charge >= 0.3 is 0 Å². The zero-order valence-electron chi connectivity index (χ0n) is 12.0. The molecular formula is C16H20ClN3. The standard InChI is InChI=1S/C16H20ClN3/c1-11-3-4-12-8-13(16(17)19-15(12)7-11)9-20-6-5-14(10-20)18-2/h3-4,7-8,14,18H,5-6,9-10H2,1-2H3. The van der Waals surface area contributed by atoms with Crippen molar-refractivity contribution in [2.24, 2.45) is 0 Å². The largest absolute Gasteiger partial charge is 0.316 e. The molecule has 1 aliphatic heterocycles. The van der Waals surface area contributed by atoms with Gasteiger partial charge in [-0.2, -0.15) is 0 Å². The van der Waals surface area contributed by atoms with Gasteiger partial charge in [-0.1, -0.05) is 23.7 Å². The molecule has 20 heavy (non-hydrogen) atoms. The summed E-state index contributed by atoms with van der Waals surface area (Å²) < 4.78 is 0. The van der Waals surface area contributed by atoms with Crippen LogP contribution in [0.2, 0.25) is 5.15 Å². The minimum atomic E-state index is 0.602. The van der Waals surface area contributed by atoms with Gasteiger partial charge in [-0.05, 0) is 38.1 Å². The summed E-state index contributed by atoms with van der Waals surface area (Å²) in [5.41, 5.74) is 3.32. The van der Waals surface area contributed by atoms with E-state index in [1.54, 1.807) is 0 Å². The Bertz CT molecular complexity index is 626. The second kappa shape index (κ2) is 5.68. The van der Waals surface area contributed by atoms with Crippen molar-refractivity contribution in [2.45, 2.75) is 25.9 Å². The molecule has 1 aromatic heterocycles. The number of aryl methyl sites for hydroxylation is 1. The van der Waals surface area contributed by atoms with Crippen molar-refractivity contribution in [1.29, 1.82) is 0 Å². The van der Waals surface area contributed by atoms with Gasteiger partial charge in [0.1, 0.15) is 5.15 Å². The Hall–Kier alpha value is -1.16. The predicted molar refractivity (Wildman–Crippen MR) is 84.2 cm³/mol. The maximum Gasteiger partial charge on any atom is 0.134 e. The molecule has 2 heterocycles. The monoisotopic (exact) mass is 289 g/mol. The molecule has 0 aliphatic carbocycles. The quantitative estimate of drug-likeness (QED) is 0.881. The Balaban J connectivity index is 1.84. The SMILES string of the molecule is CNC1CCN(Cc2cc3ccc(C)cc3nc2Cl)C1. The van der Waals surface area contributed by atoms with Crippen LogP contribution in [0.3, 0.4) is 0 Å².